The molecule has 0 saturated heterocycles. The molecule has 0 fully saturated rings. The third-order valence-electron chi connectivity index (χ3n) is 5.42. The van der Waals surface area contributed by atoms with Crippen molar-refractivity contribution in [2.75, 3.05) is 20.3 Å². The van der Waals surface area contributed by atoms with E-state index in [9.17, 15) is 9.59 Å². The minimum atomic E-state index is -0.617. The Labute approximate surface area is 201 Å². The molecule has 1 aliphatic heterocycles. The molecule has 0 aliphatic carbocycles. The topological polar surface area (TPSA) is 79.1 Å². The van der Waals surface area contributed by atoms with Crippen LogP contribution in [-0.4, -0.2) is 30.9 Å². The molecule has 2 aromatic carbocycles. The Morgan fingerprint density at radius 3 is 2.56 bits per heavy atom. The third kappa shape index (κ3) is 4.41. The predicted molar refractivity (Wildman–Crippen MR) is 131 cm³/mol. The Morgan fingerprint density at radius 2 is 1.88 bits per heavy atom. The summed E-state index contributed by atoms with van der Waals surface area (Å²) in [5.74, 6) is 0.761. The second-order valence-corrected chi connectivity index (χ2v) is 8.57. The molecule has 1 atom stereocenters. The van der Waals surface area contributed by atoms with E-state index in [2.05, 4.69) is 4.99 Å². The van der Waals surface area contributed by atoms with Crippen molar-refractivity contribution in [2.24, 2.45) is 4.99 Å². The fourth-order valence-electron chi connectivity index (χ4n) is 3.94. The van der Waals surface area contributed by atoms with Gasteiger partial charge in [0, 0.05) is 0 Å². The maximum atomic E-state index is 13.6. The molecule has 0 N–H and O–H groups in total. The first kappa shape index (κ1) is 23.5. The summed E-state index contributed by atoms with van der Waals surface area (Å²) in [4.78, 5) is 31.6. The van der Waals surface area contributed by atoms with Crippen LogP contribution in [0.4, 0.5) is 0 Å². The van der Waals surface area contributed by atoms with Gasteiger partial charge in [0.1, 0.15) is 0 Å². The van der Waals surface area contributed by atoms with Gasteiger partial charge in [-0.2, -0.15) is 0 Å². The minimum Gasteiger partial charge on any atom is -0.493 e. The number of hydrogen-bond acceptors (Lipinski definition) is 7. The number of carbonyl (C=O) groups is 1. The number of rotatable bonds is 7. The van der Waals surface area contributed by atoms with E-state index in [-0.39, 0.29) is 12.2 Å². The van der Waals surface area contributed by atoms with Crippen molar-refractivity contribution < 1.29 is 19.0 Å². The first-order valence-electron chi connectivity index (χ1n) is 11.0. The van der Waals surface area contributed by atoms with Gasteiger partial charge in [0.25, 0.3) is 5.56 Å². The molecule has 8 heteroatoms. The second-order valence-electron chi connectivity index (χ2n) is 7.56. The highest BCUT2D eigenvalue weighted by atomic mass is 32.1. The summed E-state index contributed by atoms with van der Waals surface area (Å²) in [7, 11) is 1.59. The molecule has 0 bridgehead atoms. The summed E-state index contributed by atoms with van der Waals surface area (Å²) < 4.78 is 18.4. The largest absolute Gasteiger partial charge is 0.493 e. The molecule has 1 aromatic heterocycles. The van der Waals surface area contributed by atoms with Gasteiger partial charge in [-0.05, 0) is 50.1 Å². The van der Waals surface area contributed by atoms with E-state index in [1.165, 1.54) is 11.3 Å². The number of methoxy groups -OCH3 is 1. The first-order chi connectivity index (χ1) is 16.5. The number of allylic oxidation sites excluding steroid dienone is 1. The Balaban J connectivity index is 1.90. The van der Waals surface area contributed by atoms with Gasteiger partial charge in [-0.3, -0.25) is 9.36 Å². The smallest absolute Gasteiger partial charge is 0.338 e. The number of thiazole rings is 1. The van der Waals surface area contributed by atoms with Crippen LogP contribution in [-0.2, 0) is 9.53 Å². The monoisotopic (exact) mass is 478 g/mol. The molecule has 7 nitrogen and oxygen atoms in total. The van der Waals surface area contributed by atoms with Crippen LogP contribution in [0.5, 0.6) is 11.5 Å². The Morgan fingerprint density at radius 1 is 1.12 bits per heavy atom. The highest BCUT2D eigenvalue weighted by Gasteiger charge is 2.33. The number of ether oxygens (including phenoxy) is 3. The van der Waals surface area contributed by atoms with Gasteiger partial charge in [0.15, 0.2) is 16.3 Å². The number of carbonyl (C=O) groups excluding carboxylic acids is 1. The van der Waals surface area contributed by atoms with Crippen molar-refractivity contribution in [3.8, 4) is 11.5 Å². The van der Waals surface area contributed by atoms with E-state index in [4.69, 9.17) is 14.2 Å². The Hall–Kier alpha value is -3.65. The van der Waals surface area contributed by atoms with E-state index in [0.29, 0.717) is 38.7 Å². The van der Waals surface area contributed by atoms with Gasteiger partial charge in [0.2, 0.25) is 0 Å². The lowest BCUT2D eigenvalue weighted by Gasteiger charge is -2.24. The molecule has 176 valence electrons. The fraction of sp³-hybridized carbons (Fsp3) is 0.269. The second kappa shape index (κ2) is 10.1. The maximum Gasteiger partial charge on any atom is 0.338 e. The Kier molecular flexibility index (Phi) is 6.98. The van der Waals surface area contributed by atoms with Crippen LogP contribution in [0.25, 0.3) is 6.08 Å². The quantitative estimate of drug-likeness (QED) is 0.488. The van der Waals surface area contributed by atoms with Crippen molar-refractivity contribution in [3.05, 3.63) is 90.6 Å². The number of esters is 1. The van der Waals surface area contributed by atoms with Gasteiger partial charge in [-0.25, -0.2) is 9.79 Å². The molecule has 1 aliphatic rings. The van der Waals surface area contributed by atoms with Crippen LogP contribution < -0.4 is 24.4 Å². The minimum absolute atomic E-state index is 0.222. The number of nitrogens with zero attached hydrogens (tertiary/aromatic N) is 2. The number of aromatic nitrogens is 1. The van der Waals surface area contributed by atoms with Crippen LogP contribution >= 0.6 is 11.3 Å². The molecule has 0 saturated carbocycles. The van der Waals surface area contributed by atoms with E-state index in [1.807, 2.05) is 55.5 Å². The van der Waals surface area contributed by atoms with Gasteiger partial charge in [0.05, 0.1) is 42.2 Å². The summed E-state index contributed by atoms with van der Waals surface area (Å²) in [6.45, 7) is 6.16. The van der Waals surface area contributed by atoms with Crippen molar-refractivity contribution in [1.29, 1.82) is 0 Å². The van der Waals surface area contributed by atoms with Crippen molar-refractivity contribution >= 4 is 23.4 Å². The van der Waals surface area contributed by atoms with Crippen LogP contribution in [0, 0.1) is 0 Å². The lowest BCUT2D eigenvalue weighted by Crippen LogP contribution is -2.39. The van der Waals surface area contributed by atoms with Gasteiger partial charge in [-0.15, -0.1) is 0 Å². The molecule has 4 rings (SSSR count). The summed E-state index contributed by atoms with van der Waals surface area (Å²) in [6.07, 6.45) is 1.80. The lowest BCUT2D eigenvalue weighted by atomic mass is 9.96. The van der Waals surface area contributed by atoms with E-state index < -0.39 is 12.0 Å². The summed E-state index contributed by atoms with van der Waals surface area (Å²) in [5, 5.41) is 0. The maximum absolute atomic E-state index is 13.6. The Bertz CT molecular complexity index is 1420. The fourth-order valence-corrected chi connectivity index (χ4v) is 4.99. The molecular formula is C26H26N2O5S. The third-order valence-corrected chi connectivity index (χ3v) is 6.40. The normalized spacial score (nSPS) is 15.5. The van der Waals surface area contributed by atoms with Crippen LogP contribution in [0.15, 0.2) is 69.6 Å². The van der Waals surface area contributed by atoms with Gasteiger partial charge < -0.3 is 14.2 Å². The molecule has 2 heterocycles. The highest BCUT2D eigenvalue weighted by molar-refractivity contribution is 7.07. The van der Waals surface area contributed by atoms with Crippen LogP contribution in [0.2, 0.25) is 0 Å². The molecule has 0 amide bonds. The van der Waals surface area contributed by atoms with Crippen molar-refractivity contribution in [1.82, 2.24) is 4.57 Å². The molecule has 0 spiro atoms. The van der Waals surface area contributed by atoms with Crippen LogP contribution in [0.3, 0.4) is 0 Å². The molecule has 0 unspecified atom stereocenters. The zero-order valence-corrected chi connectivity index (χ0v) is 20.3. The standard InChI is InChI=1S/C26H26N2O5S/c1-5-32-20-14-17(12-13-19(20)31-4)15-21-24(29)28-23(18-10-8-7-9-11-18)22(25(30)33-6-2)16(3)27-26(28)34-21/h7-15,23H,5-6H2,1-4H3/b21-15-/t23-/m1/s1. The number of fused-ring (bicyclic) bond motifs is 1. The average Bonchev–Trinajstić information content (AvgIpc) is 3.13. The SMILES string of the molecule is CCOC(=O)C1=C(C)N=c2s/c(=C\c3ccc(OC)c(OCC)c3)c(=O)n2[C@@H]1c1ccccc1. The highest BCUT2D eigenvalue weighted by Crippen LogP contribution is 2.31. The van der Waals surface area contributed by atoms with Gasteiger partial charge >= 0.3 is 5.97 Å². The summed E-state index contributed by atoms with van der Waals surface area (Å²) in [6, 6.07) is 14.4. The van der Waals surface area contributed by atoms with E-state index in [0.717, 1.165) is 11.1 Å². The number of benzene rings is 2. The van der Waals surface area contributed by atoms with E-state index >= 15 is 0 Å². The lowest BCUT2D eigenvalue weighted by molar-refractivity contribution is -0.139. The molecular weight excluding hydrogens is 452 g/mol. The van der Waals surface area contributed by atoms with Crippen molar-refractivity contribution in [2.45, 2.75) is 26.8 Å². The zero-order chi connectivity index (χ0) is 24.2. The van der Waals surface area contributed by atoms with E-state index in [1.54, 1.807) is 31.6 Å². The first-order valence-corrected chi connectivity index (χ1v) is 11.9. The summed E-state index contributed by atoms with van der Waals surface area (Å²) >= 11 is 1.29. The predicted octanol–water partition coefficient (Wildman–Crippen LogP) is 3.21. The van der Waals surface area contributed by atoms with Gasteiger partial charge in [-0.1, -0.05) is 47.7 Å². The van der Waals surface area contributed by atoms with Crippen LogP contribution in [0.1, 0.15) is 37.9 Å². The number of hydrogen-bond donors (Lipinski definition) is 0. The zero-order valence-electron chi connectivity index (χ0n) is 19.5. The molecule has 3 aromatic rings. The van der Waals surface area contributed by atoms with Crippen molar-refractivity contribution in [3.63, 3.8) is 0 Å². The summed E-state index contributed by atoms with van der Waals surface area (Å²) in [5.41, 5.74) is 2.31. The molecule has 0 radical (unpaired) electrons. The molecule has 34 heavy (non-hydrogen) atoms. The average molecular weight is 479 g/mol.